The van der Waals surface area contributed by atoms with E-state index >= 15 is 0 Å². The second-order valence-electron chi connectivity index (χ2n) is 9.67. The van der Waals surface area contributed by atoms with Crippen molar-refractivity contribution in [1.82, 2.24) is 9.62 Å². The van der Waals surface area contributed by atoms with Crippen LogP contribution in [0.4, 0.5) is 5.69 Å². The quantitative estimate of drug-likeness (QED) is 0.678. The molecular weight excluding hydrogens is 438 g/mol. The third-order valence-corrected chi connectivity index (χ3v) is 7.71. The normalized spacial score (nSPS) is 17.4. The Labute approximate surface area is 196 Å². The molecule has 0 bridgehead atoms. The molecule has 1 fully saturated rings. The molecule has 2 amide bonds. The minimum atomic E-state index is -3.68. The summed E-state index contributed by atoms with van der Waals surface area (Å²) in [7, 11) is -3.68. The van der Waals surface area contributed by atoms with Crippen molar-refractivity contribution >= 4 is 27.5 Å². The van der Waals surface area contributed by atoms with Crippen LogP contribution in [-0.2, 0) is 10.0 Å². The number of carbonyl (C=O) groups is 2. The van der Waals surface area contributed by atoms with Gasteiger partial charge in [-0.05, 0) is 89.4 Å². The Bertz CT molecular complexity index is 1140. The second kappa shape index (κ2) is 9.65. The lowest BCUT2D eigenvalue weighted by molar-refractivity contribution is 0.0919. The van der Waals surface area contributed by atoms with Gasteiger partial charge in [0.15, 0.2) is 0 Å². The topological polar surface area (TPSA) is 95.6 Å². The van der Waals surface area contributed by atoms with E-state index < -0.39 is 15.9 Å². The molecule has 1 aliphatic rings. The number of benzene rings is 2. The first-order valence-corrected chi connectivity index (χ1v) is 12.7. The van der Waals surface area contributed by atoms with Gasteiger partial charge in [-0.25, -0.2) is 8.42 Å². The van der Waals surface area contributed by atoms with Gasteiger partial charge in [0.2, 0.25) is 10.0 Å². The van der Waals surface area contributed by atoms with Crippen LogP contribution in [0.25, 0.3) is 0 Å². The number of nitrogens with zero attached hydrogens (tertiary/aromatic N) is 1. The average Bonchev–Trinajstić information content (AvgIpc) is 2.73. The zero-order valence-corrected chi connectivity index (χ0v) is 20.8. The number of anilines is 1. The summed E-state index contributed by atoms with van der Waals surface area (Å²) in [4.78, 5) is 25.4. The van der Waals surface area contributed by atoms with E-state index in [0.717, 1.165) is 19.3 Å². The number of piperidine rings is 1. The Morgan fingerprint density at radius 3 is 2.27 bits per heavy atom. The molecule has 0 aliphatic carbocycles. The summed E-state index contributed by atoms with van der Waals surface area (Å²) in [6.45, 7) is 9.90. The summed E-state index contributed by atoms with van der Waals surface area (Å²) in [6, 6.07) is 11.2. The predicted molar refractivity (Wildman–Crippen MR) is 130 cm³/mol. The van der Waals surface area contributed by atoms with Gasteiger partial charge in [-0.2, -0.15) is 4.31 Å². The van der Waals surface area contributed by atoms with Crippen molar-refractivity contribution in [3.8, 4) is 0 Å². The molecule has 178 valence electrons. The molecule has 1 atom stereocenters. The van der Waals surface area contributed by atoms with Gasteiger partial charge in [-0.15, -0.1) is 0 Å². The van der Waals surface area contributed by atoms with Crippen molar-refractivity contribution in [2.45, 2.75) is 70.4 Å². The lowest BCUT2D eigenvalue weighted by Crippen LogP contribution is -2.42. The Kier molecular flexibility index (Phi) is 7.29. The van der Waals surface area contributed by atoms with E-state index in [4.69, 9.17) is 0 Å². The zero-order chi connectivity index (χ0) is 24.4. The van der Waals surface area contributed by atoms with Crippen molar-refractivity contribution in [2.75, 3.05) is 11.9 Å². The summed E-state index contributed by atoms with van der Waals surface area (Å²) in [5.74, 6) is -0.593. The Morgan fingerprint density at radius 1 is 1.00 bits per heavy atom. The summed E-state index contributed by atoms with van der Waals surface area (Å²) < 4.78 is 27.9. The Hall–Kier alpha value is -2.71. The highest BCUT2D eigenvalue weighted by molar-refractivity contribution is 7.89. The third-order valence-electron chi connectivity index (χ3n) is 5.70. The Morgan fingerprint density at radius 2 is 1.67 bits per heavy atom. The van der Waals surface area contributed by atoms with E-state index in [-0.39, 0.29) is 22.4 Å². The first kappa shape index (κ1) is 24.9. The van der Waals surface area contributed by atoms with E-state index in [1.165, 1.54) is 10.4 Å². The van der Waals surface area contributed by atoms with Crippen LogP contribution < -0.4 is 10.6 Å². The molecule has 1 aliphatic heterocycles. The number of hydrogen-bond donors (Lipinski definition) is 2. The standard InChI is InChI=1S/C25H33N3O4S/c1-17-9-14-21(33(31,32)28-15-7-6-8-18(28)2)16-22(17)24(30)26-20-12-10-19(11-13-20)23(29)27-25(3,4)5/h9-14,16,18H,6-8,15H2,1-5H3,(H,26,30)(H,27,29)/t18-/m1/s1. The fourth-order valence-electron chi connectivity index (χ4n) is 3.89. The van der Waals surface area contributed by atoms with Crippen LogP contribution in [0, 0.1) is 6.92 Å². The molecule has 1 heterocycles. The minimum Gasteiger partial charge on any atom is -0.347 e. The molecule has 0 spiro atoms. The summed E-state index contributed by atoms with van der Waals surface area (Å²) >= 11 is 0. The number of rotatable bonds is 5. The number of nitrogens with one attached hydrogen (secondary N) is 2. The fraction of sp³-hybridized carbons (Fsp3) is 0.440. The Balaban J connectivity index is 1.78. The van der Waals surface area contributed by atoms with Crippen LogP contribution in [0.1, 0.15) is 73.2 Å². The largest absolute Gasteiger partial charge is 0.347 e. The molecule has 0 radical (unpaired) electrons. The van der Waals surface area contributed by atoms with Gasteiger partial charge >= 0.3 is 0 Å². The summed E-state index contributed by atoms with van der Waals surface area (Å²) in [5, 5.41) is 5.69. The first-order chi connectivity index (χ1) is 15.4. The molecule has 7 nitrogen and oxygen atoms in total. The van der Waals surface area contributed by atoms with Gasteiger partial charge < -0.3 is 10.6 Å². The maximum Gasteiger partial charge on any atom is 0.255 e. The van der Waals surface area contributed by atoms with Gasteiger partial charge in [0.25, 0.3) is 11.8 Å². The van der Waals surface area contributed by atoms with Crippen molar-refractivity contribution in [3.63, 3.8) is 0 Å². The molecule has 0 aromatic heterocycles. The van der Waals surface area contributed by atoms with Gasteiger partial charge in [0, 0.05) is 34.9 Å². The number of amides is 2. The lowest BCUT2D eigenvalue weighted by atomic mass is 10.1. The van der Waals surface area contributed by atoms with Crippen LogP contribution >= 0.6 is 0 Å². The van der Waals surface area contributed by atoms with Crippen LogP contribution in [0.2, 0.25) is 0 Å². The zero-order valence-electron chi connectivity index (χ0n) is 19.9. The van der Waals surface area contributed by atoms with E-state index in [1.807, 2.05) is 27.7 Å². The predicted octanol–water partition coefficient (Wildman–Crippen LogP) is 4.34. The minimum absolute atomic E-state index is 0.0590. The van der Waals surface area contributed by atoms with E-state index in [2.05, 4.69) is 10.6 Å². The summed E-state index contributed by atoms with van der Waals surface area (Å²) in [6.07, 6.45) is 2.69. The molecular formula is C25H33N3O4S. The summed E-state index contributed by atoms with van der Waals surface area (Å²) in [5.41, 5.74) is 1.64. The lowest BCUT2D eigenvalue weighted by Gasteiger charge is -2.32. The highest BCUT2D eigenvalue weighted by Crippen LogP contribution is 2.27. The van der Waals surface area contributed by atoms with Gasteiger partial charge in [-0.3, -0.25) is 9.59 Å². The van der Waals surface area contributed by atoms with Gasteiger partial charge in [-0.1, -0.05) is 12.5 Å². The fourth-order valence-corrected chi connectivity index (χ4v) is 5.61. The average molecular weight is 472 g/mol. The molecule has 3 rings (SSSR count). The molecule has 2 aromatic carbocycles. The smallest absolute Gasteiger partial charge is 0.255 e. The van der Waals surface area contributed by atoms with Crippen LogP contribution in [0.5, 0.6) is 0 Å². The molecule has 0 saturated carbocycles. The molecule has 2 N–H and O–H groups in total. The molecule has 8 heteroatoms. The maximum atomic E-state index is 13.2. The SMILES string of the molecule is Cc1ccc(S(=O)(=O)N2CCCC[C@H]2C)cc1C(=O)Nc1ccc(C(=O)NC(C)(C)C)cc1. The molecule has 0 unspecified atom stereocenters. The van der Waals surface area contributed by atoms with E-state index in [1.54, 1.807) is 43.3 Å². The van der Waals surface area contributed by atoms with E-state index in [0.29, 0.717) is 28.9 Å². The molecule has 33 heavy (non-hydrogen) atoms. The number of sulfonamides is 1. The highest BCUT2D eigenvalue weighted by Gasteiger charge is 2.31. The van der Waals surface area contributed by atoms with Crippen LogP contribution in [-0.4, -0.2) is 42.7 Å². The van der Waals surface area contributed by atoms with Gasteiger partial charge in [0.05, 0.1) is 4.90 Å². The van der Waals surface area contributed by atoms with Crippen LogP contribution in [0.15, 0.2) is 47.4 Å². The second-order valence-corrected chi connectivity index (χ2v) is 11.6. The molecule has 1 saturated heterocycles. The highest BCUT2D eigenvalue weighted by atomic mass is 32.2. The van der Waals surface area contributed by atoms with Crippen molar-refractivity contribution in [3.05, 3.63) is 59.2 Å². The maximum absolute atomic E-state index is 13.2. The molecule has 2 aromatic rings. The van der Waals surface area contributed by atoms with E-state index in [9.17, 15) is 18.0 Å². The number of aryl methyl sites for hydroxylation is 1. The van der Waals surface area contributed by atoms with Gasteiger partial charge in [0.1, 0.15) is 0 Å². The van der Waals surface area contributed by atoms with Crippen LogP contribution in [0.3, 0.4) is 0 Å². The number of hydrogen-bond acceptors (Lipinski definition) is 4. The van der Waals surface area contributed by atoms with Crippen molar-refractivity contribution in [1.29, 1.82) is 0 Å². The third kappa shape index (κ3) is 6.00. The monoisotopic (exact) mass is 471 g/mol. The van der Waals surface area contributed by atoms with Crippen molar-refractivity contribution < 1.29 is 18.0 Å². The first-order valence-electron chi connectivity index (χ1n) is 11.2. The number of carbonyl (C=O) groups excluding carboxylic acids is 2. The van der Waals surface area contributed by atoms with Crippen molar-refractivity contribution in [2.24, 2.45) is 0 Å².